The fraction of sp³-hybridized carbons (Fsp3) is 0.703. The number of hydrogen-bond donors (Lipinski definition) is 2. The Morgan fingerprint density at radius 2 is 1.68 bits per heavy atom. The number of unbranched alkanes of at least 4 members (excludes halogenated alkanes) is 3. The Kier molecular flexibility index (Phi) is 30.2. The van der Waals surface area contributed by atoms with Crippen LogP contribution in [0.2, 0.25) is 0 Å². The second kappa shape index (κ2) is 29.3. The number of pyridine rings is 1. The van der Waals surface area contributed by atoms with Crippen molar-refractivity contribution in [3.8, 4) is 0 Å². The van der Waals surface area contributed by atoms with E-state index in [1.807, 2.05) is 51.9 Å². The van der Waals surface area contributed by atoms with Crippen molar-refractivity contribution in [2.24, 2.45) is 5.92 Å². The third-order valence-electron chi connectivity index (χ3n) is 7.33. The van der Waals surface area contributed by atoms with Gasteiger partial charge in [-0.25, -0.2) is 5.10 Å². The van der Waals surface area contributed by atoms with Gasteiger partial charge in [0.05, 0.1) is 11.7 Å². The van der Waals surface area contributed by atoms with Crippen LogP contribution < -0.4 is 5.56 Å². The third kappa shape index (κ3) is 21.6. The smallest absolute Gasteiger partial charge is 0.308 e. The number of H-pyrrole nitrogens is 1. The molecule has 0 fully saturated rings. The summed E-state index contributed by atoms with van der Waals surface area (Å²) >= 11 is 0. The van der Waals surface area contributed by atoms with E-state index in [4.69, 9.17) is 5.41 Å². The number of Topliss-reactive ketones (excluding diaryl/α,β-unsaturated/α-hetero) is 1. The summed E-state index contributed by atoms with van der Waals surface area (Å²) < 4.78 is 38.9. The van der Waals surface area contributed by atoms with Crippen LogP contribution in [0.15, 0.2) is 23.1 Å². The molecule has 0 amide bonds. The van der Waals surface area contributed by atoms with Gasteiger partial charge in [-0.05, 0) is 51.3 Å². The number of fused-ring (bicyclic) bond motifs is 1. The average Bonchev–Trinajstić information content (AvgIpc) is 3.49. The molecule has 2 atom stereocenters. The normalized spacial score (nSPS) is 13.3. The van der Waals surface area contributed by atoms with Crippen LogP contribution in [0.1, 0.15) is 161 Å². The van der Waals surface area contributed by atoms with Crippen molar-refractivity contribution in [1.82, 2.24) is 20.1 Å². The summed E-state index contributed by atoms with van der Waals surface area (Å²) in [5, 5.41) is 12.6. The van der Waals surface area contributed by atoms with Gasteiger partial charge in [-0.3, -0.25) is 19.5 Å². The Labute approximate surface area is 284 Å². The highest BCUT2D eigenvalue weighted by molar-refractivity contribution is 5.76. The van der Waals surface area contributed by atoms with Crippen molar-refractivity contribution in [2.75, 3.05) is 13.6 Å². The molecule has 0 spiro atoms. The second-order valence-corrected chi connectivity index (χ2v) is 11.2. The molecule has 0 aliphatic heterocycles. The van der Waals surface area contributed by atoms with Crippen molar-refractivity contribution >= 4 is 12.0 Å². The van der Waals surface area contributed by atoms with Gasteiger partial charge in [0.1, 0.15) is 11.3 Å². The van der Waals surface area contributed by atoms with Gasteiger partial charge in [0.25, 0.3) is 5.56 Å². The van der Waals surface area contributed by atoms with Crippen LogP contribution in [0, 0.1) is 18.3 Å². The second-order valence-electron chi connectivity index (χ2n) is 11.2. The summed E-state index contributed by atoms with van der Waals surface area (Å²) in [4.78, 5) is 28.2. The number of rotatable bonds is 11. The van der Waals surface area contributed by atoms with Crippen molar-refractivity contribution < 1.29 is 18.0 Å². The Bertz CT molecular complexity index is 1120. The van der Waals surface area contributed by atoms with E-state index in [1.165, 1.54) is 58.1 Å². The maximum Gasteiger partial charge on any atom is 0.422 e. The van der Waals surface area contributed by atoms with Gasteiger partial charge in [-0.2, -0.15) is 18.3 Å². The van der Waals surface area contributed by atoms with E-state index >= 15 is 0 Å². The lowest BCUT2D eigenvalue weighted by Crippen LogP contribution is -2.29. The summed E-state index contributed by atoms with van der Waals surface area (Å²) in [5.41, 5.74) is -0.275. The molecule has 0 saturated heterocycles. The fourth-order valence-electron chi connectivity index (χ4n) is 4.18. The Balaban J connectivity index is -0.000000619. The predicted molar refractivity (Wildman–Crippen MR) is 193 cm³/mol. The van der Waals surface area contributed by atoms with Crippen LogP contribution in [0.5, 0.6) is 0 Å². The lowest BCUT2D eigenvalue weighted by atomic mass is 10.0. The molecule has 0 saturated carbocycles. The topological polar surface area (TPSA) is 103 Å². The molecule has 10 heteroatoms. The highest BCUT2D eigenvalue weighted by Crippen LogP contribution is 2.39. The Morgan fingerprint density at radius 1 is 1.09 bits per heavy atom. The highest BCUT2D eigenvalue weighted by Gasteiger charge is 2.41. The lowest BCUT2D eigenvalue weighted by Gasteiger charge is -2.23. The first kappa shape index (κ1) is 48.5. The van der Waals surface area contributed by atoms with E-state index in [1.54, 1.807) is 18.1 Å². The van der Waals surface area contributed by atoms with Crippen molar-refractivity contribution in [3.05, 3.63) is 56.8 Å². The molecule has 272 valence electrons. The monoisotopic (exact) mass is 670 g/mol. The van der Waals surface area contributed by atoms with Crippen LogP contribution in [-0.4, -0.2) is 45.7 Å². The molecule has 47 heavy (non-hydrogen) atoms. The number of aromatic amines is 1. The molecule has 7 nitrogen and oxygen atoms in total. The van der Waals surface area contributed by atoms with Crippen LogP contribution in [0.3, 0.4) is 0 Å². The summed E-state index contributed by atoms with van der Waals surface area (Å²) in [6.45, 7) is 23.1. The molecule has 1 aliphatic rings. The van der Waals surface area contributed by atoms with Crippen molar-refractivity contribution in [1.29, 1.82) is 5.41 Å². The number of aromatic nitrogens is 3. The Hall–Kier alpha value is -2.88. The minimum absolute atomic E-state index is 0.0190. The van der Waals surface area contributed by atoms with Gasteiger partial charge in [0, 0.05) is 36.6 Å². The molecule has 2 aromatic heterocycles. The van der Waals surface area contributed by atoms with Crippen LogP contribution in [0.25, 0.3) is 0 Å². The summed E-state index contributed by atoms with van der Waals surface area (Å²) in [7, 11) is 1.74. The zero-order valence-corrected chi connectivity index (χ0v) is 31.5. The lowest BCUT2D eigenvalue weighted by molar-refractivity contribution is -0.139. The molecule has 2 aromatic rings. The maximum absolute atomic E-state index is 13.0. The number of carbonyl (C=O) groups is 1. The molecule has 0 bridgehead atoms. The van der Waals surface area contributed by atoms with Crippen LogP contribution in [0.4, 0.5) is 13.2 Å². The number of nitrogens with one attached hydrogen (secondary N) is 2. The van der Waals surface area contributed by atoms with Crippen molar-refractivity contribution in [2.45, 2.75) is 153 Å². The molecule has 0 radical (unpaired) electrons. The average molecular weight is 670 g/mol. The number of halogens is 3. The van der Waals surface area contributed by atoms with Gasteiger partial charge < -0.3 is 5.41 Å². The summed E-state index contributed by atoms with van der Waals surface area (Å²) in [6.07, 6.45) is 8.87. The van der Waals surface area contributed by atoms with Crippen LogP contribution >= 0.6 is 0 Å². The first-order valence-corrected chi connectivity index (χ1v) is 17.6. The number of hydrogen-bond acceptors (Lipinski definition) is 6. The largest absolute Gasteiger partial charge is 0.422 e. The van der Waals surface area contributed by atoms with E-state index in [0.29, 0.717) is 19.4 Å². The van der Waals surface area contributed by atoms with Gasteiger partial charge in [0.15, 0.2) is 0 Å². The first-order valence-electron chi connectivity index (χ1n) is 17.6. The number of nitrogens with zero attached hydrogens (tertiary/aromatic N) is 3. The minimum atomic E-state index is -4.69. The van der Waals surface area contributed by atoms with E-state index in [2.05, 4.69) is 44.7 Å². The SMILES string of the molecule is CC.CC.CC(=O)CCN(C)C1CCc2c1n[nH]c(=O)c2C(F)(F)F.CCCC.CCCCCC(C)CC.Cc1ccc(C=N)cn1. The molecule has 1 aliphatic carbocycles. The van der Waals surface area contributed by atoms with Gasteiger partial charge in [-0.1, -0.05) is 113 Å². The Morgan fingerprint density at radius 3 is 2.11 bits per heavy atom. The van der Waals surface area contributed by atoms with Gasteiger partial charge in [-0.15, -0.1) is 0 Å². The molecular formula is C37H66F3N5O2. The van der Waals surface area contributed by atoms with E-state index in [9.17, 15) is 22.8 Å². The molecule has 2 heterocycles. The van der Waals surface area contributed by atoms with Crippen LogP contribution in [-0.2, 0) is 17.4 Å². The predicted octanol–water partition coefficient (Wildman–Crippen LogP) is 10.5. The van der Waals surface area contributed by atoms with Gasteiger partial charge in [0.2, 0.25) is 0 Å². The van der Waals surface area contributed by atoms with E-state index < -0.39 is 17.3 Å². The number of ketones is 1. The molecule has 0 aromatic carbocycles. The maximum atomic E-state index is 13.0. The standard InChI is InChI=1S/C13H16F3N3O2.C9H20.C7H8N2.C4H10.2C2H6/c1-7(20)5-6-19(2)9-4-3-8-10(13(14,15)16)12(21)18-17-11(8)9;1-4-6-7-8-9(3)5-2;1-6-2-3-7(4-8)5-9-6;1-3-4-2;2*1-2/h9H,3-6H2,1-2H3,(H,18,21);9H,4-8H2,1-3H3;2-5,8H,1H3;3-4H2,1-2H3;2*1-2H3. The molecular weight excluding hydrogens is 603 g/mol. The first-order chi connectivity index (χ1) is 22.3. The summed E-state index contributed by atoms with van der Waals surface area (Å²) in [6, 6.07) is 3.45. The quantitative estimate of drug-likeness (QED) is 0.183. The fourth-order valence-corrected chi connectivity index (χ4v) is 4.18. The summed E-state index contributed by atoms with van der Waals surface area (Å²) in [5.74, 6) is 0.974. The van der Waals surface area contributed by atoms with E-state index in [0.717, 1.165) is 17.2 Å². The number of carbonyl (C=O) groups excluding carboxylic acids is 1. The zero-order valence-electron chi connectivity index (χ0n) is 31.5. The minimum Gasteiger partial charge on any atom is -0.308 e. The molecule has 3 rings (SSSR count). The third-order valence-corrected chi connectivity index (χ3v) is 7.33. The van der Waals surface area contributed by atoms with E-state index in [-0.39, 0.29) is 29.5 Å². The number of aryl methyl sites for hydroxylation is 1. The number of alkyl halides is 3. The van der Waals surface area contributed by atoms with Gasteiger partial charge >= 0.3 is 6.18 Å². The zero-order chi connectivity index (χ0) is 37.0. The van der Waals surface area contributed by atoms with Crippen molar-refractivity contribution in [3.63, 3.8) is 0 Å². The highest BCUT2D eigenvalue weighted by atomic mass is 19.4. The molecule has 2 N–H and O–H groups in total. The molecule has 2 unspecified atom stereocenters.